The second-order valence-electron chi connectivity index (χ2n) is 6.35. The second kappa shape index (κ2) is 7.19. The third-order valence-corrected chi connectivity index (χ3v) is 4.43. The Kier molecular flexibility index (Phi) is 4.57. The van der Waals surface area contributed by atoms with Crippen molar-refractivity contribution in [2.24, 2.45) is 0 Å². The van der Waals surface area contributed by atoms with E-state index in [1.54, 1.807) is 31.2 Å². The van der Waals surface area contributed by atoms with Gasteiger partial charge in [-0.05, 0) is 38.1 Å². The van der Waals surface area contributed by atoms with Gasteiger partial charge < -0.3 is 19.3 Å². The van der Waals surface area contributed by atoms with Crippen molar-refractivity contribution in [1.29, 1.82) is 0 Å². The Morgan fingerprint density at radius 2 is 2.04 bits per heavy atom. The Morgan fingerprint density at radius 1 is 1.21 bits per heavy atom. The van der Waals surface area contributed by atoms with Crippen molar-refractivity contribution in [3.63, 3.8) is 0 Å². The number of amides is 1. The number of esters is 1. The van der Waals surface area contributed by atoms with E-state index in [-0.39, 0.29) is 24.5 Å². The number of carbonyl (C=O) groups excluding carboxylic acids is 2. The van der Waals surface area contributed by atoms with Crippen molar-refractivity contribution in [3.05, 3.63) is 64.8 Å². The first-order chi connectivity index (χ1) is 13.6. The van der Waals surface area contributed by atoms with E-state index in [2.05, 4.69) is 10.5 Å². The summed E-state index contributed by atoms with van der Waals surface area (Å²) in [5.41, 5.74) is 3.12. The highest BCUT2D eigenvalue weighted by atomic mass is 16.5. The lowest BCUT2D eigenvalue weighted by Crippen LogP contribution is -2.18. The Balaban J connectivity index is 1.65. The molecule has 1 N–H and O–H groups in total. The third kappa shape index (κ3) is 3.11. The van der Waals surface area contributed by atoms with E-state index < -0.39 is 11.9 Å². The Morgan fingerprint density at radius 3 is 2.86 bits per heavy atom. The number of hydrogen-bond donors (Lipinski definition) is 1. The summed E-state index contributed by atoms with van der Waals surface area (Å²) in [6, 6.07) is 12.4. The highest BCUT2D eigenvalue weighted by Gasteiger charge is 2.29. The maximum atomic E-state index is 12.8. The molecular weight excluding hydrogens is 360 g/mol. The number of para-hydroxylation sites is 1. The van der Waals surface area contributed by atoms with Crippen molar-refractivity contribution in [1.82, 2.24) is 5.16 Å². The molecule has 4 rings (SSSR count). The molecule has 0 saturated carbocycles. The Bertz CT molecular complexity index is 1070. The van der Waals surface area contributed by atoms with Crippen LogP contribution in [0.3, 0.4) is 0 Å². The van der Waals surface area contributed by atoms with Gasteiger partial charge in [-0.3, -0.25) is 4.79 Å². The van der Waals surface area contributed by atoms with Crippen LogP contribution >= 0.6 is 0 Å². The van der Waals surface area contributed by atoms with Crippen LogP contribution in [0, 0.1) is 6.92 Å². The van der Waals surface area contributed by atoms with E-state index in [1.807, 2.05) is 25.1 Å². The van der Waals surface area contributed by atoms with Crippen LogP contribution < -0.4 is 10.1 Å². The van der Waals surface area contributed by atoms with Gasteiger partial charge in [-0.2, -0.15) is 0 Å². The molecule has 0 spiro atoms. The number of hydrogen-bond acceptors (Lipinski definition) is 6. The number of nitrogens with zero attached hydrogens (tertiary/aromatic N) is 1. The number of fused-ring (bicyclic) bond motifs is 3. The Labute approximate surface area is 161 Å². The molecule has 28 heavy (non-hydrogen) atoms. The van der Waals surface area contributed by atoms with Crippen LogP contribution in [0.15, 0.2) is 47.0 Å². The summed E-state index contributed by atoms with van der Waals surface area (Å²) in [6.07, 6.45) is 0. The predicted octanol–water partition coefficient (Wildman–Crippen LogP) is 3.97. The average Bonchev–Trinajstić information content (AvgIpc) is 3.13. The van der Waals surface area contributed by atoms with Crippen molar-refractivity contribution < 1.29 is 23.6 Å². The lowest BCUT2D eigenvalue weighted by molar-refractivity contribution is 0.0527. The molecule has 0 bridgehead atoms. The zero-order valence-corrected chi connectivity index (χ0v) is 15.4. The lowest BCUT2D eigenvalue weighted by atomic mass is 10.0. The molecule has 1 aliphatic rings. The summed E-state index contributed by atoms with van der Waals surface area (Å²) in [4.78, 5) is 24.9. The van der Waals surface area contributed by atoms with Crippen LogP contribution in [-0.2, 0) is 11.3 Å². The molecule has 0 radical (unpaired) electrons. The lowest BCUT2D eigenvalue weighted by Gasteiger charge is -2.16. The molecule has 0 atom stereocenters. The molecule has 0 saturated heterocycles. The van der Waals surface area contributed by atoms with E-state index in [9.17, 15) is 9.59 Å². The zero-order chi connectivity index (χ0) is 19.7. The van der Waals surface area contributed by atoms with Gasteiger partial charge in [-0.15, -0.1) is 0 Å². The van der Waals surface area contributed by atoms with E-state index in [1.165, 1.54) is 0 Å². The molecular formula is C21H18N2O5. The number of carbonyl (C=O) groups is 2. The summed E-state index contributed by atoms with van der Waals surface area (Å²) < 4.78 is 16.2. The van der Waals surface area contributed by atoms with Gasteiger partial charge in [0.05, 0.1) is 29.0 Å². The van der Waals surface area contributed by atoms with Gasteiger partial charge in [-0.1, -0.05) is 28.9 Å². The summed E-state index contributed by atoms with van der Waals surface area (Å²) in [6.45, 7) is 4.11. The standard InChI is InChI=1S/C21H18N2O5/c1-3-26-21(25)13-6-4-5-7-16(13)22-20(24)18-15-11-27-17-9-8-12(2)10-14(17)19(15)28-23-18/h4-10H,3,11H2,1-2H3,(H,22,24). The summed E-state index contributed by atoms with van der Waals surface area (Å²) in [5.74, 6) is 0.220. The fourth-order valence-electron chi connectivity index (χ4n) is 3.09. The van der Waals surface area contributed by atoms with Crippen LogP contribution in [0.1, 0.15) is 38.9 Å². The van der Waals surface area contributed by atoms with Gasteiger partial charge in [0.2, 0.25) is 0 Å². The van der Waals surface area contributed by atoms with Crippen molar-refractivity contribution in [2.75, 3.05) is 11.9 Å². The fourth-order valence-corrected chi connectivity index (χ4v) is 3.09. The molecule has 142 valence electrons. The van der Waals surface area contributed by atoms with E-state index in [0.29, 0.717) is 22.8 Å². The smallest absolute Gasteiger partial charge is 0.340 e. The molecule has 1 aromatic heterocycles. The van der Waals surface area contributed by atoms with Crippen molar-refractivity contribution >= 4 is 17.6 Å². The molecule has 0 fully saturated rings. The van der Waals surface area contributed by atoms with Gasteiger partial charge in [-0.25, -0.2) is 4.79 Å². The van der Waals surface area contributed by atoms with Crippen LogP contribution in [-0.4, -0.2) is 23.6 Å². The summed E-state index contributed by atoms with van der Waals surface area (Å²) >= 11 is 0. The number of aryl methyl sites for hydroxylation is 1. The van der Waals surface area contributed by atoms with Gasteiger partial charge in [0, 0.05) is 0 Å². The highest BCUT2D eigenvalue weighted by Crippen LogP contribution is 2.39. The molecule has 1 aliphatic heterocycles. The quantitative estimate of drug-likeness (QED) is 0.691. The first kappa shape index (κ1) is 17.8. The fraction of sp³-hybridized carbons (Fsp3) is 0.190. The van der Waals surface area contributed by atoms with Crippen LogP contribution in [0.5, 0.6) is 5.75 Å². The van der Waals surface area contributed by atoms with Crippen LogP contribution in [0.4, 0.5) is 5.69 Å². The van der Waals surface area contributed by atoms with Crippen molar-refractivity contribution in [3.8, 4) is 17.1 Å². The molecule has 3 aromatic rings. The second-order valence-corrected chi connectivity index (χ2v) is 6.35. The number of anilines is 1. The number of aromatic nitrogens is 1. The normalized spacial score (nSPS) is 11.8. The summed E-state index contributed by atoms with van der Waals surface area (Å²) in [5, 5.41) is 6.67. The topological polar surface area (TPSA) is 90.7 Å². The first-order valence-corrected chi connectivity index (χ1v) is 8.88. The van der Waals surface area contributed by atoms with Crippen LogP contribution in [0.2, 0.25) is 0 Å². The molecule has 7 heteroatoms. The van der Waals surface area contributed by atoms with Crippen molar-refractivity contribution in [2.45, 2.75) is 20.5 Å². The first-order valence-electron chi connectivity index (χ1n) is 8.88. The molecule has 2 aromatic carbocycles. The molecule has 1 amide bonds. The minimum absolute atomic E-state index is 0.126. The maximum absolute atomic E-state index is 12.8. The number of benzene rings is 2. The highest BCUT2D eigenvalue weighted by molar-refractivity contribution is 6.08. The molecule has 0 unspecified atom stereocenters. The maximum Gasteiger partial charge on any atom is 0.340 e. The average molecular weight is 378 g/mol. The van der Waals surface area contributed by atoms with E-state index in [4.69, 9.17) is 14.0 Å². The number of ether oxygens (including phenoxy) is 2. The summed E-state index contributed by atoms with van der Waals surface area (Å²) in [7, 11) is 0. The monoisotopic (exact) mass is 378 g/mol. The van der Waals surface area contributed by atoms with E-state index >= 15 is 0 Å². The minimum Gasteiger partial charge on any atom is -0.488 e. The van der Waals surface area contributed by atoms with Crippen LogP contribution in [0.25, 0.3) is 11.3 Å². The number of nitrogens with one attached hydrogen (secondary N) is 1. The van der Waals surface area contributed by atoms with Gasteiger partial charge >= 0.3 is 5.97 Å². The Hall–Kier alpha value is -3.61. The molecule has 7 nitrogen and oxygen atoms in total. The minimum atomic E-state index is -0.506. The largest absolute Gasteiger partial charge is 0.488 e. The SMILES string of the molecule is CCOC(=O)c1ccccc1NC(=O)c1noc2c1COc1ccc(C)cc1-2. The number of rotatable bonds is 4. The van der Waals surface area contributed by atoms with E-state index in [0.717, 1.165) is 11.1 Å². The predicted molar refractivity (Wildman–Crippen MR) is 101 cm³/mol. The molecule has 0 aliphatic carbocycles. The zero-order valence-electron chi connectivity index (χ0n) is 15.4. The van der Waals surface area contributed by atoms with Gasteiger partial charge in [0.15, 0.2) is 11.5 Å². The molecule has 2 heterocycles. The van der Waals surface area contributed by atoms with Gasteiger partial charge in [0.25, 0.3) is 5.91 Å². The third-order valence-electron chi connectivity index (χ3n) is 4.43. The van der Waals surface area contributed by atoms with Gasteiger partial charge in [0.1, 0.15) is 12.4 Å².